The van der Waals surface area contributed by atoms with Crippen molar-refractivity contribution in [2.24, 2.45) is 5.92 Å². The zero-order valence-electron chi connectivity index (χ0n) is 14.7. The first-order valence-corrected chi connectivity index (χ1v) is 9.60. The Morgan fingerprint density at radius 2 is 2.04 bits per heavy atom. The van der Waals surface area contributed by atoms with Crippen molar-refractivity contribution in [2.75, 3.05) is 31.1 Å². The lowest BCUT2D eigenvalue weighted by molar-refractivity contribution is -0.138. The van der Waals surface area contributed by atoms with Gasteiger partial charge in [-0.25, -0.2) is 0 Å². The molecule has 1 aromatic carbocycles. The van der Waals surface area contributed by atoms with Gasteiger partial charge in [0, 0.05) is 50.1 Å². The monoisotopic (exact) mass is 371 g/mol. The Labute approximate surface area is 157 Å². The largest absolute Gasteiger partial charge is 0.366 e. The van der Waals surface area contributed by atoms with Gasteiger partial charge in [-0.15, -0.1) is 0 Å². The first kappa shape index (κ1) is 17.3. The third kappa shape index (κ3) is 3.05. The molecule has 2 fully saturated rings. The van der Waals surface area contributed by atoms with Gasteiger partial charge < -0.3 is 14.6 Å². The minimum Gasteiger partial charge on any atom is -0.366 e. The molecule has 5 nitrogen and oxygen atoms in total. The standard InChI is InChI=1S/C20H22ClN3O2/c21-17-13-15(6-12-25)19(18-16(17)5-2-7-22-18)23-8-10-24(11-9-23)20(26)14-3-1-4-14/h2,5,7,12-14H,1,3-4,6,8-11H2. The minimum absolute atomic E-state index is 0.241. The molecular formula is C20H22ClN3O2. The summed E-state index contributed by atoms with van der Waals surface area (Å²) in [5.74, 6) is 0.549. The molecule has 2 aromatic rings. The molecule has 1 aliphatic carbocycles. The Balaban J connectivity index is 1.62. The van der Waals surface area contributed by atoms with Gasteiger partial charge in [0.2, 0.25) is 5.91 Å². The van der Waals surface area contributed by atoms with Crippen molar-refractivity contribution in [1.29, 1.82) is 0 Å². The second-order valence-electron chi connectivity index (χ2n) is 7.08. The molecular weight excluding hydrogens is 350 g/mol. The summed E-state index contributed by atoms with van der Waals surface area (Å²) in [7, 11) is 0. The molecule has 0 bridgehead atoms. The van der Waals surface area contributed by atoms with Crippen molar-refractivity contribution >= 4 is 40.4 Å². The number of pyridine rings is 1. The summed E-state index contributed by atoms with van der Waals surface area (Å²) in [6.45, 7) is 2.93. The zero-order chi connectivity index (χ0) is 18.1. The molecule has 6 heteroatoms. The smallest absolute Gasteiger partial charge is 0.225 e. The fraction of sp³-hybridized carbons (Fsp3) is 0.450. The number of rotatable bonds is 4. The first-order chi connectivity index (χ1) is 12.7. The van der Waals surface area contributed by atoms with E-state index in [0.717, 1.165) is 54.4 Å². The van der Waals surface area contributed by atoms with Gasteiger partial charge in [0.1, 0.15) is 6.29 Å². The van der Waals surface area contributed by atoms with E-state index in [1.165, 1.54) is 6.42 Å². The van der Waals surface area contributed by atoms with Crippen LogP contribution in [-0.4, -0.2) is 48.3 Å². The topological polar surface area (TPSA) is 53.5 Å². The second kappa shape index (κ2) is 7.23. The Bertz CT molecular complexity index is 842. The van der Waals surface area contributed by atoms with E-state index < -0.39 is 0 Å². The number of halogens is 1. The van der Waals surface area contributed by atoms with Crippen LogP contribution in [0.4, 0.5) is 5.69 Å². The van der Waals surface area contributed by atoms with Gasteiger partial charge in [-0.2, -0.15) is 0 Å². The van der Waals surface area contributed by atoms with Gasteiger partial charge in [-0.05, 0) is 36.6 Å². The molecule has 0 atom stereocenters. The van der Waals surface area contributed by atoms with Crippen LogP contribution in [0.3, 0.4) is 0 Å². The molecule has 1 amide bonds. The van der Waals surface area contributed by atoms with E-state index in [0.29, 0.717) is 30.4 Å². The van der Waals surface area contributed by atoms with Gasteiger partial charge in [-0.1, -0.05) is 18.0 Å². The molecule has 0 N–H and O–H groups in total. The second-order valence-corrected chi connectivity index (χ2v) is 7.48. The third-order valence-electron chi connectivity index (χ3n) is 5.56. The van der Waals surface area contributed by atoms with Crippen LogP contribution in [0, 0.1) is 5.92 Å². The summed E-state index contributed by atoms with van der Waals surface area (Å²) >= 11 is 6.40. The van der Waals surface area contributed by atoms with Crippen LogP contribution in [-0.2, 0) is 16.0 Å². The third-order valence-corrected chi connectivity index (χ3v) is 5.87. The molecule has 1 saturated heterocycles. The number of fused-ring (bicyclic) bond motifs is 1. The zero-order valence-corrected chi connectivity index (χ0v) is 15.4. The molecule has 0 radical (unpaired) electrons. The van der Waals surface area contributed by atoms with Gasteiger partial charge in [0.25, 0.3) is 0 Å². The molecule has 2 aliphatic rings. The van der Waals surface area contributed by atoms with Gasteiger partial charge in [-0.3, -0.25) is 9.78 Å². The molecule has 1 aromatic heterocycles. The highest BCUT2D eigenvalue weighted by molar-refractivity contribution is 6.36. The Kier molecular flexibility index (Phi) is 4.81. The summed E-state index contributed by atoms with van der Waals surface area (Å²) in [4.78, 5) is 32.4. The fourth-order valence-corrected chi connectivity index (χ4v) is 4.18. The first-order valence-electron chi connectivity index (χ1n) is 9.22. The van der Waals surface area contributed by atoms with E-state index in [-0.39, 0.29) is 5.92 Å². The quantitative estimate of drug-likeness (QED) is 0.775. The van der Waals surface area contributed by atoms with E-state index in [4.69, 9.17) is 11.6 Å². The number of amides is 1. The number of benzene rings is 1. The molecule has 4 rings (SSSR count). The Morgan fingerprint density at radius 3 is 2.69 bits per heavy atom. The number of hydrogen-bond donors (Lipinski definition) is 0. The van der Waals surface area contributed by atoms with Crippen molar-refractivity contribution in [3.05, 3.63) is 35.0 Å². The highest BCUT2D eigenvalue weighted by Crippen LogP contribution is 2.35. The molecule has 1 saturated carbocycles. The van der Waals surface area contributed by atoms with Crippen LogP contribution in [0.15, 0.2) is 24.4 Å². The minimum atomic E-state index is 0.241. The van der Waals surface area contributed by atoms with Crippen LogP contribution in [0.2, 0.25) is 5.02 Å². The lowest BCUT2D eigenvalue weighted by atomic mass is 9.84. The Hall–Kier alpha value is -2.14. The molecule has 1 aliphatic heterocycles. The van der Waals surface area contributed by atoms with Crippen LogP contribution in [0.25, 0.3) is 10.9 Å². The van der Waals surface area contributed by atoms with Gasteiger partial charge in [0.15, 0.2) is 0 Å². The van der Waals surface area contributed by atoms with Crippen molar-refractivity contribution < 1.29 is 9.59 Å². The summed E-state index contributed by atoms with van der Waals surface area (Å²) in [6, 6.07) is 5.70. The lowest BCUT2D eigenvalue weighted by Crippen LogP contribution is -2.51. The Morgan fingerprint density at radius 1 is 1.27 bits per heavy atom. The van der Waals surface area contributed by atoms with E-state index in [1.807, 2.05) is 23.1 Å². The molecule has 2 heterocycles. The highest BCUT2D eigenvalue weighted by atomic mass is 35.5. The number of aldehydes is 1. The van der Waals surface area contributed by atoms with Crippen LogP contribution >= 0.6 is 11.6 Å². The van der Waals surface area contributed by atoms with Gasteiger partial charge in [0.05, 0.1) is 16.2 Å². The lowest BCUT2D eigenvalue weighted by Gasteiger charge is -2.40. The summed E-state index contributed by atoms with van der Waals surface area (Å²) < 4.78 is 0. The van der Waals surface area contributed by atoms with Crippen LogP contribution in [0.1, 0.15) is 24.8 Å². The fourth-order valence-electron chi connectivity index (χ4n) is 3.90. The summed E-state index contributed by atoms with van der Waals surface area (Å²) in [6.07, 6.45) is 6.21. The average Bonchev–Trinajstić information content (AvgIpc) is 2.61. The maximum atomic E-state index is 12.5. The van der Waals surface area contributed by atoms with Gasteiger partial charge >= 0.3 is 0 Å². The van der Waals surface area contributed by atoms with E-state index in [2.05, 4.69) is 9.88 Å². The number of carbonyl (C=O) groups excluding carboxylic acids is 2. The maximum Gasteiger partial charge on any atom is 0.225 e. The van der Waals surface area contributed by atoms with Crippen molar-refractivity contribution in [2.45, 2.75) is 25.7 Å². The average molecular weight is 372 g/mol. The van der Waals surface area contributed by atoms with Crippen LogP contribution < -0.4 is 4.90 Å². The van der Waals surface area contributed by atoms with Crippen molar-refractivity contribution in [1.82, 2.24) is 9.88 Å². The number of carbonyl (C=O) groups is 2. The summed E-state index contributed by atoms with van der Waals surface area (Å²) in [5, 5.41) is 1.51. The highest BCUT2D eigenvalue weighted by Gasteiger charge is 2.32. The normalized spacial score (nSPS) is 18.0. The van der Waals surface area contributed by atoms with E-state index >= 15 is 0 Å². The number of piperazine rings is 1. The van der Waals surface area contributed by atoms with E-state index in [1.54, 1.807) is 6.20 Å². The van der Waals surface area contributed by atoms with Crippen molar-refractivity contribution in [3.8, 4) is 0 Å². The van der Waals surface area contributed by atoms with E-state index in [9.17, 15) is 9.59 Å². The number of anilines is 1. The maximum absolute atomic E-state index is 12.5. The SMILES string of the molecule is O=CCc1cc(Cl)c2cccnc2c1N1CCN(C(=O)C2CCC2)CC1. The predicted octanol–water partition coefficient (Wildman–Crippen LogP) is 3.08. The molecule has 0 unspecified atom stereocenters. The number of aromatic nitrogens is 1. The molecule has 26 heavy (non-hydrogen) atoms. The molecule has 136 valence electrons. The molecule has 0 spiro atoms. The predicted molar refractivity (Wildman–Crippen MR) is 103 cm³/mol. The van der Waals surface area contributed by atoms with Crippen LogP contribution in [0.5, 0.6) is 0 Å². The number of hydrogen-bond acceptors (Lipinski definition) is 4. The van der Waals surface area contributed by atoms with Crippen molar-refractivity contribution in [3.63, 3.8) is 0 Å². The number of nitrogens with zero attached hydrogens (tertiary/aromatic N) is 3. The summed E-state index contributed by atoms with van der Waals surface area (Å²) in [5.41, 5.74) is 2.71.